The second-order valence-corrected chi connectivity index (χ2v) is 6.33. The van der Waals surface area contributed by atoms with Crippen LogP contribution < -0.4 is 10.7 Å². The molecule has 0 bridgehead atoms. The van der Waals surface area contributed by atoms with Crippen molar-refractivity contribution in [1.29, 1.82) is 0 Å². The lowest BCUT2D eigenvalue weighted by atomic mass is 10.1. The Balaban J connectivity index is 1.78. The summed E-state index contributed by atoms with van der Waals surface area (Å²) in [5.41, 5.74) is 1.21. The van der Waals surface area contributed by atoms with Crippen LogP contribution in [0.3, 0.4) is 0 Å². The Morgan fingerprint density at radius 1 is 1.10 bits per heavy atom. The molecular formula is C21H19F2N3O4. The molecule has 0 fully saturated rings. The van der Waals surface area contributed by atoms with Crippen LogP contribution in [-0.2, 0) is 15.9 Å². The van der Waals surface area contributed by atoms with Crippen molar-refractivity contribution in [2.75, 3.05) is 25.6 Å². The number of hydrogen-bond acceptors (Lipinski definition) is 5. The number of benzene rings is 2. The summed E-state index contributed by atoms with van der Waals surface area (Å²) in [5, 5.41) is 6.79. The first kappa shape index (κ1) is 21.1. The predicted octanol–water partition coefficient (Wildman–Crippen LogP) is 3.30. The number of carbonyl (C=O) groups excluding carboxylic acids is 1. The monoisotopic (exact) mass is 415 g/mol. The van der Waals surface area contributed by atoms with Crippen LogP contribution in [0.15, 0.2) is 59.5 Å². The van der Waals surface area contributed by atoms with Crippen molar-refractivity contribution < 1.29 is 23.0 Å². The predicted molar refractivity (Wildman–Crippen MR) is 106 cm³/mol. The molecule has 9 heteroatoms. The summed E-state index contributed by atoms with van der Waals surface area (Å²) in [5.74, 6) is -1.49. The Bertz CT molecular complexity index is 1080. The first-order valence-electron chi connectivity index (χ1n) is 9.01. The number of amides is 1. The summed E-state index contributed by atoms with van der Waals surface area (Å²) < 4.78 is 38.0. The van der Waals surface area contributed by atoms with Crippen LogP contribution in [0.2, 0.25) is 0 Å². The van der Waals surface area contributed by atoms with Crippen LogP contribution in [0.5, 0.6) is 0 Å². The highest BCUT2D eigenvalue weighted by Crippen LogP contribution is 2.15. The topological polar surface area (TPSA) is 82.4 Å². The van der Waals surface area contributed by atoms with Gasteiger partial charge in [-0.15, -0.1) is 0 Å². The number of ether oxygens (including phenoxy) is 2. The molecule has 7 nitrogen and oxygen atoms in total. The lowest BCUT2D eigenvalue weighted by Gasteiger charge is -2.10. The minimum absolute atomic E-state index is 0.121. The highest BCUT2D eigenvalue weighted by Gasteiger charge is 2.09. The van der Waals surface area contributed by atoms with E-state index >= 15 is 0 Å². The van der Waals surface area contributed by atoms with Crippen molar-refractivity contribution in [3.8, 4) is 5.69 Å². The molecule has 0 unspecified atom stereocenters. The molecule has 0 radical (unpaired) electrons. The average Bonchev–Trinajstić information content (AvgIpc) is 2.69. The molecule has 30 heavy (non-hydrogen) atoms. The lowest BCUT2D eigenvalue weighted by molar-refractivity contribution is 0.107. The Kier molecular flexibility index (Phi) is 6.87. The van der Waals surface area contributed by atoms with E-state index in [2.05, 4.69) is 10.4 Å². The van der Waals surface area contributed by atoms with Gasteiger partial charge in [-0.1, -0.05) is 12.1 Å². The zero-order chi connectivity index (χ0) is 21.5. The molecule has 1 amide bonds. The average molecular weight is 415 g/mol. The molecule has 3 rings (SSSR count). The van der Waals surface area contributed by atoms with Gasteiger partial charge in [0.05, 0.1) is 12.3 Å². The molecular weight excluding hydrogens is 396 g/mol. The first-order chi connectivity index (χ1) is 14.4. The molecule has 0 atom stereocenters. The van der Waals surface area contributed by atoms with Crippen molar-refractivity contribution in [3.05, 3.63) is 87.8 Å². The Morgan fingerprint density at radius 3 is 2.60 bits per heavy atom. The van der Waals surface area contributed by atoms with Crippen LogP contribution in [0.25, 0.3) is 5.69 Å². The van der Waals surface area contributed by atoms with Gasteiger partial charge in [0.1, 0.15) is 23.9 Å². The van der Waals surface area contributed by atoms with Crippen LogP contribution in [-0.4, -0.2) is 36.2 Å². The molecule has 2 aromatic carbocycles. The van der Waals surface area contributed by atoms with Gasteiger partial charge in [-0.2, -0.15) is 5.10 Å². The van der Waals surface area contributed by atoms with Gasteiger partial charge in [-0.3, -0.25) is 10.1 Å². The molecule has 0 aliphatic carbocycles. The fourth-order valence-electron chi connectivity index (χ4n) is 2.71. The maximum Gasteiger partial charge on any atom is 0.411 e. The van der Waals surface area contributed by atoms with Crippen LogP contribution in [0.1, 0.15) is 11.3 Å². The molecule has 0 spiro atoms. The van der Waals surface area contributed by atoms with Gasteiger partial charge >= 0.3 is 6.09 Å². The Morgan fingerprint density at radius 2 is 1.87 bits per heavy atom. The van der Waals surface area contributed by atoms with Crippen molar-refractivity contribution >= 4 is 11.8 Å². The molecule has 0 aliphatic heterocycles. The second-order valence-electron chi connectivity index (χ2n) is 6.33. The molecule has 0 aliphatic rings. The van der Waals surface area contributed by atoms with Gasteiger partial charge < -0.3 is 9.47 Å². The third-order valence-electron chi connectivity index (χ3n) is 4.06. The normalized spacial score (nSPS) is 10.6. The summed E-state index contributed by atoms with van der Waals surface area (Å²) in [6, 6.07) is 11.1. The zero-order valence-electron chi connectivity index (χ0n) is 16.1. The molecule has 0 saturated carbocycles. The molecule has 1 heterocycles. The van der Waals surface area contributed by atoms with E-state index in [4.69, 9.17) is 9.47 Å². The smallest absolute Gasteiger partial charge is 0.411 e. The molecule has 3 aromatic rings. The minimum atomic E-state index is -0.747. The number of nitrogens with one attached hydrogen (secondary N) is 1. The van der Waals surface area contributed by atoms with E-state index < -0.39 is 17.7 Å². The lowest BCUT2D eigenvalue weighted by Crippen LogP contribution is -2.17. The third kappa shape index (κ3) is 5.71. The fraction of sp³-hybridized carbons (Fsp3) is 0.190. The maximum absolute atomic E-state index is 13.5. The number of aromatic nitrogens is 2. The van der Waals surface area contributed by atoms with E-state index in [0.29, 0.717) is 11.3 Å². The SMILES string of the molecule is COCCOC(=O)Nc1cccc(Cc2nn(-c3cc(F)cc(F)c3)ccc2=O)c1. The van der Waals surface area contributed by atoms with Crippen molar-refractivity contribution in [2.24, 2.45) is 0 Å². The Hall–Kier alpha value is -3.59. The number of carbonyl (C=O) groups is 1. The quantitative estimate of drug-likeness (QED) is 0.599. The van der Waals surface area contributed by atoms with Gasteiger partial charge in [-0.25, -0.2) is 18.3 Å². The fourth-order valence-corrected chi connectivity index (χ4v) is 2.71. The highest BCUT2D eigenvalue weighted by atomic mass is 19.1. The third-order valence-corrected chi connectivity index (χ3v) is 4.06. The number of nitrogens with zero attached hydrogens (tertiary/aromatic N) is 2. The van der Waals surface area contributed by atoms with E-state index in [1.54, 1.807) is 24.3 Å². The number of methoxy groups -OCH3 is 1. The largest absolute Gasteiger partial charge is 0.447 e. The van der Waals surface area contributed by atoms with E-state index in [0.717, 1.165) is 18.2 Å². The van der Waals surface area contributed by atoms with E-state index in [-0.39, 0.29) is 36.4 Å². The number of rotatable bonds is 7. The summed E-state index contributed by atoms with van der Waals surface area (Å²) in [7, 11) is 1.50. The molecule has 1 aromatic heterocycles. The standard InChI is InChI=1S/C21H19F2N3O4/c1-29-7-8-30-21(28)24-17-4-2-3-14(9-17)10-19-20(27)5-6-26(25-19)18-12-15(22)11-16(23)13-18/h2-6,9,11-13H,7-8,10H2,1H3,(H,24,28). The van der Waals surface area contributed by atoms with E-state index in [9.17, 15) is 18.4 Å². The first-order valence-corrected chi connectivity index (χ1v) is 9.01. The number of anilines is 1. The molecule has 0 saturated heterocycles. The van der Waals surface area contributed by atoms with E-state index in [1.165, 1.54) is 24.1 Å². The van der Waals surface area contributed by atoms with Crippen molar-refractivity contribution in [3.63, 3.8) is 0 Å². The summed E-state index contributed by atoms with van der Waals surface area (Å²) in [4.78, 5) is 24.0. The van der Waals surface area contributed by atoms with Crippen molar-refractivity contribution in [1.82, 2.24) is 9.78 Å². The van der Waals surface area contributed by atoms with Crippen molar-refractivity contribution in [2.45, 2.75) is 6.42 Å². The van der Waals surface area contributed by atoms with Gasteiger partial charge in [0.25, 0.3) is 0 Å². The zero-order valence-corrected chi connectivity index (χ0v) is 16.1. The van der Waals surface area contributed by atoms with Gasteiger partial charge in [0.15, 0.2) is 0 Å². The van der Waals surface area contributed by atoms with Crippen LogP contribution in [0.4, 0.5) is 19.3 Å². The minimum Gasteiger partial charge on any atom is -0.447 e. The Labute approximate surface area is 170 Å². The highest BCUT2D eigenvalue weighted by molar-refractivity contribution is 5.84. The second kappa shape index (κ2) is 9.75. The molecule has 156 valence electrons. The summed E-state index contributed by atoms with van der Waals surface area (Å²) in [6.45, 7) is 0.408. The number of hydrogen-bond donors (Lipinski definition) is 1. The van der Waals surface area contributed by atoms with Crippen LogP contribution in [0, 0.1) is 11.6 Å². The summed E-state index contributed by atoms with van der Waals surface area (Å²) in [6.07, 6.45) is 0.872. The molecule has 1 N–H and O–H groups in total. The summed E-state index contributed by atoms with van der Waals surface area (Å²) >= 11 is 0. The maximum atomic E-state index is 13.5. The van der Waals surface area contributed by atoms with Gasteiger partial charge in [-0.05, 0) is 29.8 Å². The van der Waals surface area contributed by atoms with Gasteiger partial charge in [0, 0.05) is 37.5 Å². The van der Waals surface area contributed by atoms with Crippen LogP contribution >= 0.6 is 0 Å². The van der Waals surface area contributed by atoms with Gasteiger partial charge in [0.2, 0.25) is 5.43 Å². The number of halogens is 2. The van der Waals surface area contributed by atoms with E-state index in [1.807, 2.05) is 0 Å².